The number of nitrogens with one attached hydrogen (secondary N) is 2. The maximum absolute atomic E-state index is 11.0. The number of hydrogen-bond donors (Lipinski definition) is 4. The second-order valence-electron chi connectivity index (χ2n) is 6.34. The first-order valence-corrected chi connectivity index (χ1v) is 10.5. The van der Waals surface area contributed by atoms with Crippen LogP contribution >= 0.6 is 0 Å². The van der Waals surface area contributed by atoms with E-state index in [1.54, 1.807) is 13.8 Å². The van der Waals surface area contributed by atoms with Crippen LogP contribution in [0.1, 0.15) is 25.0 Å². The van der Waals surface area contributed by atoms with Crippen molar-refractivity contribution in [3.05, 3.63) is 59.7 Å². The van der Waals surface area contributed by atoms with Crippen molar-refractivity contribution in [3.63, 3.8) is 0 Å². The van der Waals surface area contributed by atoms with Crippen molar-refractivity contribution in [2.75, 3.05) is 37.1 Å². The Morgan fingerprint density at radius 1 is 0.706 bits per heavy atom. The minimum absolute atomic E-state index is 0.180. The molecule has 0 fully saturated rings. The third kappa shape index (κ3) is 16.7. The first kappa shape index (κ1) is 30.0. The van der Waals surface area contributed by atoms with Gasteiger partial charge in [0.1, 0.15) is 13.2 Å². The van der Waals surface area contributed by atoms with Gasteiger partial charge < -0.3 is 19.7 Å². The molecule has 0 unspecified atom stereocenters. The Morgan fingerprint density at radius 2 is 1.03 bits per heavy atom. The fraction of sp³-hybridized carbons (Fsp3) is 0.308. The van der Waals surface area contributed by atoms with Crippen LogP contribution < -0.4 is 10.6 Å². The van der Waals surface area contributed by atoms with Gasteiger partial charge in [-0.1, -0.05) is 47.2 Å². The first-order valence-electron chi connectivity index (χ1n) is 10.5. The lowest BCUT2D eigenvalue weighted by molar-refractivity contribution is 0.167. The van der Waals surface area contributed by atoms with Gasteiger partial charge in [-0.15, -0.1) is 0 Å². The summed E-state index contributed by atoms with van der Waals surface area (Å²) in [4.78, 5) is 21.9. The molecule has 4 N–H and O–H groups in total. The summed E-state index contributed by atoms with van der Waals surface area (Å²) in [6, 6.07) is 15.1. The van der Waals surface area contributed by atoms with Crippen molar-refractivity contribution in [1.82, 2.24) is 0 Å². The molecule has 2 amide bonds. The maximum Gasteiger partial charge on any atom is 0.411 e. The number of amides is 2. The molecule has 0 aliphatic rings. The summed E-state index contributed by atoms with van der Waals surface area (Å²) in [6.07, 6.45) is -0.822. The number of hydrogen-bond acceptors (Lipinski definition) is 6. The van der Waals surface area contributed by atoms with Gasteiger partial charge in [-0.2, -0.15) is 0 Å². The summed E-state index contributed by atoms with van der Waals surface area (Å²) >= 11 is 0. The fourth-order valence-corrected chi connectivity index (χ4v) is 2.01. The van der Waals surface area contributed by atoms with Gasteiger partial charge in [-0.05, 0) is 63.8 Å². The van der Waals surface area contributed by atoms with Gasteiger partial charge in [0, 0.05) is 11.4 Å². The molecule has 34 heavy (non-hydrogen) atoms. The number of ether oxygens (including phenoxy) is 2. The first-order chi connectivity index (χ1) is 16.4. The molecule has 0 saturated heterocycles. The minimum Gasteiger partial charge on any atom is -0.450 e. The van der Waals surface area contributed by atoms with Gasteiger partial charge in [-0.25, -0.2) is 9.59 Å². The Morgan fingerprint density at radius 3 is 1.29 bits per heavy atom. The van der Waals surface area contributed by atoms with E-state index in [0.717, 1.165) is 22.5 Å². The molecule has 2 aromatic rings. The zero-order valence-electron chi connectivity index (χ0n) is 20.0. The number of aliphatic hydroxyl groups is 2. The highest BCUT2D eigenvalue weighted by Crippen LogP contribution is 2.09. The summed E-state index contributed by atoms with van der Waals surface area (Å²) in [5.74, 6) is 9.24. The van der Waals surface area contributed by atoms with Gasteiger partial charge >= 0.3 is 12.2 Å². The quantitative estimate of drug-likeness (QED) is 0.502. The standard InChI is InChI=1S/2C10H13NO2.C6H6O2/c2*1-3-13-10(12)11-9-6-4-8(2)5-7-9;7-5-3-1-2-4-6-8/h2*4-7H,3H2,1-2H3,(H,11,12);7-8H,5-6H2. The molecule has 0 aliphatic carbocycles. The van der Waals surface area contributed by atoms with E-state index < -0.39 is 12.2 Å². The number of carbonyl (C=O) groups is 2. The largest absolute Gasteiger partial charge is 0.450 e. The normalized spacial score (nSPS) is 8.53. The summed E-state index contributed by atoms with van der Waals surface area (Å²) in [5, 5.41) is 21.3. The summed E-state index contributed by atoms with van der Waals surface area (Å²) in [5.41, 5.74) is 3.83. The van der Waals surface area contributed by atoms with Crippen molar-refractivity contribution in [2.45, 2.75) is 27.7 Å². The molecule has 0 bridgehead atoms. The van der Waals surface area contributed by atoms with Crippen LogP contribution in [0.25, 0.3) is 0 Å². The van der Waals surface area contributed by atoms with Crippen LogP contribution in [0.15, 0.2) is 48.5 Å². The Labute approximate surface area is 201 Å². The zero-order chi connectivity index (χ0) is 25.6. The molecule has 182 valence electrons. The average molecular weight is 469 g/mol. The third-order valence-electron chi connectivity index (χ3n) is 3.54. The van der Waals surface area contributed by atoms with Crippen LogP contribution in [-0.2, 0) is 9.47 Å². The lowest BCUT2D eigenvalue weighted by Crippen LogP contribution is -2.12. The van der Waals surface area contributed by atoms with Crippen molar-refractivity contribution in [2.24, 2.45) is 0 Å². The lowest BCUT2D eigenvalue weighted by Gasteiger charge is -2.04. The van der Waals surface area contributed by atoms with E-state index in [1.807, 2.05) is 62.4 Å². The summed E-state index contributed by atoms with van der Waals surface area (Å²) < 4.78 is 9.45. The van der Waals surface area contributed by atoms with Crippen LogP contribution in [-0.4, -0.2) is 48.8 Å². The molecule has 0 aliphatic heterocycles. The Kier molecular flexibility index (Phi) is 17.4. The van der Waals surface area contributed by atoms with Crippen LogP contribution in [0.5, 0.6) is 0 Å². The van der Waals surface area contributed by atoms with Gasteiger partial charge in [0.05, 0.1) is 13.2 Å². The monoisotopic (exact) mass is 468 g/mol. The lowest BCUT2D eigenvalue weighted by atomic mass is 10.2. The topological polar surface area (TPSA) is 117 Å². The molecule has 8 heteroatoms. The molecule has 2 rings (SSSR count). The van der Waals surface area contributed by atoms with Crippen LogP contribution in [0.3, 0.4) is 0 Å². The van der Waals surface area contributed by atoms with Crippen LogP contribution in [0, 0.1) is 37.5 Å². The molecule has 0 saturated carbocycles. The number of anilines is 2. The predicted molar refractivity (Wildman–Crippen MR) is 133 cm³/mol. The van der Waals surface area contributed by atoms with E-state index >= 15 is 0 Å². The van der Waals surface area contributed by atoms with E-state index in [4.69, 9.17) is 19.7 Å². The van der Waals surface area contributed by atoms with Crippen molar-refractivity contribution >= 4 is 23.6 Å². The Bertz CT molecular complexity index is 883. The van der Waals surface area contributed by atoms with Gasteiger partial charge in [0.2, 0.25) is 0 Å². The zero-order valence-corrected chi connectivity index (χ0v) is 20.0. The molecule has 0 heterocycles. The SMILES string of the molecule is CCOC(=O)Nc1ccc(C)cc1.CCOC(=O)Nc1ccc(C)cc1.OCC#CC#CCO. The molecule has 0 aromatic heterocycles. The van der Waals surface area contributed by atoms with Crippen molar-refractivity contribution < 1.29 is 29.3 Å². The number of carbonyl (C=O) groups excluding carboxylic acids is 2. The molecular formula is C26H32N2O6. The third-order valence-corrected chi connectivity index (χ3v) is 3.54. The van der Waals surface area contributed by atoms with E-state index in [1.165, 1.54) is 0 Å². The molecule has 0 radical (unpaired) electrons. The van der Waals surface area contributed by atoms with E-state index in [-0.39, 0.29) is 13.2 Å². The number of benzene rings is 2. The van der Waals surface area contributed by atoms with Crippen molar-refractivity contribution in [1.29, 1.82) is 0 Å². The smallest absolute Gasteiger partial charge is 0.411 e. The summed E-state index contributed by atoms with van der Waals surface area (Å²) in [7, 11) is 0. The van der Waals surface area contributed by atoms with E-state index in [2.05, 4.69) is 34.3 Å². The highest BCUT2D eigenvalue weighted by atomic mass is 16.6. The van der Waals surface area contributed by atoms with Crippen LogP contribution in [0.2, 0.25) is 0 Å². The molecule has 8 nitrogen and oxygen atoms in total. The maximum atomic E-state index is 11.0. The van der Waals surface area contributed by atoms with E-state index in [0.29, 0.717) is 13.2 Å². The second-order valence-corrected chi connectivity index (χ2v) is 6.34. The average Bonchev–Trinajstić information content (AvgIpc) is 2.81. The summed E-state index contributed by atoms with van der Waals surface area (Å²) in [6.45, 7) is 7.95. The number of aryl methyl sites for hydroxylation is 2. The fourth-order valence-electron chi connectivity index (χ4n) is 2.01. The second kappa shape index (κ2) is 19.7. The number of aliphatic hydroxyl groups excluding tert-OH is 2. The van der Waals surface area contributed by atoms with Gasteiger partial charge in [0.25, 0.3) is 0 Å². The van der Waals surface area contributed by atoms with Crippen molar-refractivity contribution in [3.8, 4) is 23.7 Å². The highest BCUT2D eigenvalue weighted by Gasteiger charge is 2.00. The highest BCUT2D eigenvalue weighted by molar-refractivity contribution is 5.85. The molecule has 2 aromatic carbocycles. The molecule has 0 spiro atoms. The molecule has 0 atom stereocenters. The van der Waals surface area contributed by atoms with E-state index in [9.17, 15) is 9.59 Å². The molecular weight excluding hydrogens is 436 g/mol. The van der Waals surface area contributed by atoms with Gasteiger partial charge in [0.15, 0.2) is 0 Å². The Hall–Kier alpha value is -3.98. The minimum atomic E-state index is -0.411. The van der Waals surface area contributed by atoms with Crippen LogP contribution in [0.4, 0.5) is 21.0 Å². The Balaban J connectivity index is 0.000000497. The van der Waals surface area contributed by atoms with Gasteiger partial charge in [-0.3, -0.25) is 10.6 Å². The number of rotatable bonds is 4. The predicted octanol–water partition coefficient (Wildman–Crippen LogP) is 4.10.